The zero-order valence-electron chi connectivity index (χ0n) is 16.3. The number of ketones is 1. The molecule has 0 aromatic heterocycles. The van der Waals surface area contributed by atoms with Crippen molar-refractivity contribution in [3.05, 3.63) is 71.0 Å². The van der Waals surface area contributed by atoms with Crippen LogP contribution in [0.4, 0.5) is 0 Å². The van der Waals surface area contributed by atoms with Crippen LogP contribution in [0.1, 0.15) is 56.1 Å². The maximum Gasteiger partial charge on any atom is 0.227 e. The van der Waals surface area contributed by atoms with Crippen molar-refractivity contribution in [3.63, 3.8) is 0 Å². The first kappa shape index (κ1) is 19.8. The van der Waals surface area contributed by atoms with Crippen molar-refractivity contribution in [3.8, 4) is 5.75 Å². The Morgan fingerprint density at radius 3 is 2.27 bits per heavy atom. The van der Waals surface area contributed by atoms with Gasteiger partial charge in [-0.1, -0.05) is 45.0 Å². The largest absolute Gasteiger partial charge is 0.494 e. The van der Waals surface area contributed by atoms with Crippen LogP contribution in [-0.2, 0) is 10.2 Å². The van der Waals surface area contributed by atoms with E-state index in [9.17, 15) is 4.79 Å². The number of hydrogen-bond acceptors (Lipinski definition) is 3. The molecule has 0 bridgehead atoms. The average Bonchev–Trinajstić information content (AvgIpc) is 2.61. The second kappa shape index (κ2) is 8.70. The van der Waals surface area contributed by atoms with Crippen molar-refractivity contribution in [2.45, 2.75) is 40.0 Å². The minimum atomic E-state index is -0.129. The molecule has 3 heteroatoms. The molecule has 0 aliphatic rings. The maximum atomic E-state index is 12.9. The van der Waals surface area contributed by atoms with Gasteiger partial charge in [-0.3, -0.25) is 4.79 Å². The van der Waals surface area contributed by atoms with Crippen LogP contribution in [0.15, 0.2) is 54.3 Å². The Labute approximate surface area is 156 Å². The van der Waals surface area contributed by atoms with E-state index in [-0.39, 0.29) is 11.2 Å². The van der Waals surface area contributed by atoms with Gasteiger partial charge in [0.2, 0.25) is 5.78 Å². The molecule has 0 N–H and O–H groups in total. The first-order chi connectivity index (χ1) is 12.3. The lowest BCUT2D eigenvalue weighted by Gasteiger charge is -2.19. The van der Waals surface area contributed by atoms with Crippen LogP contribution in [0, 0.1) is 0 Å². The molecular formula is C23H28O3. The van der Waals surface area contributed by atoms with Crippen molar-refractivity contribution in [2.75, 3.05) is 13.2 Å². The number of allylic oxidation sites excluding steroid dienone is 1. The number of hydrogen-bond donors (Lipinski definition) is 0. The average molecular weight is 352 g/mol. The SMILES string of the molecule is CCOC(=Cc1cccc(C(C)(C)C)c1)C(=O)c1ccc(OCC)cc1. The molecule has 2 aromatic carbocycles. The fourth-order valence-corrected chi connectivity index (χ4v) is 2.59. The molecule has 0 radical (unpaired) electrons. The molecule has 0 amide bonds. The summed E-state index contributed by atoms with van der Waals surface area (Å²) in [6, 6.07) is 15.4. The zero-order chi connectivity index (χ0) is 19.2. The van der Waals surface area contributed by atoms with Crippen LogP contribution < -0.4 is 4.74 Å². The summed E-state index contributed by atoms with van der Waals surface area (Å²) in [6.45, 7) is 11.4. The molecule has 2 aromatic rings. The van der Waals surface area contributed by atoms with Gasteiger partial charge in [0.05, 0.1) is 13.2 Å². The summed E-state index contributed by atoms with van der Waals surface area (Å²) >= 11 is 0. The van der Waals surface area contributed by atoms with Crippen LogP contribution in [0.5, 0.6) is 5.75 Å². The Hall–Kier alpha value is -2.55. The van der Waals surface area contributed by atoms with Crippen LogP contribution in [0.2, 0.25) is 0 Å². The van der Waals surface area contributed by atoms with E-state index in [0.717, 1.165) is 11.3 Å². The third-order valence-electron chi connectivity index (χ3n) is 4.00. The molecular weight excluding hydrogens is 324 g/mol. The van der Waals surface area contributed by atoms with E-state index in [1.54, 1.807) is 24.3 Å². The van der Waals surface area contributed by atoms with Gasteiger partial charge in [0.1, 0.15) is 5.75 Å². The van der Waals surface area contributed by atoms with Gasteiger partial charge in [-0.15, -0.1) is 0 Å². The molecule has 0 fully saturated rings. The molecule has 0 unspecified atom stereocenters. The smallest absolute Gasteiger partial charge is 0.227 e. The molecule has 26 heavy (non-hydrogen) atoms. The highest BCUT2D eigenvalue weighted by Gasteiger charge is 2.16. The van der Waals surface area contributed by atoms with Crippen LogP contribution in [0.3, 0.4) is 0 Å². The Balaban J connectivity index is 2.32. The maximum absolute atomic E-state index is 12.9. The molecule has 0 atom stereocenters. The molecule has 2 rings (SSSR count). The van der Waals surface area contributed by atoms with E-state index in [0.29, 0.717) is 24.5 Å². The van der Waals surface area contributed by atoms with Gasteiger partial charge in [0.15, 0.2) is 5.76 Å². The highest BCUT2D eigenvalue weighted by molar-refractivity contribution is 6.09. The fraction of sp³-hybridized carbons (Fsp3) is 0.348. The van der Waals surface area contributed by atoms with Crippen molar-refractivity contribution in [1.82, 2.24) is 0 Å². The summed E-state index contributed by atoms with van der Waals surface area (Å²) in [4.78, 5) is 12.9. The third-order valence-corrected chi connectivity index (χ3v) is 4.00. The van der Waals surface area contributed by atoms with Crippen LogP contribution in [-0.4, -0.2) is 19.0 Å². The summed E-state index contributed by atoms with van der Waals surface area (Å²) < 4.78 is 11.1. The molecule has 0 heterocycles. The predicted octanol–water partition coefficient (Wildman–Crippen LogP) is 5.64. The summed E-state index contributed by atoms with van der Waals surface area (Å²) in [5.41, 5.74) is 2.81. The lowest BCUT2D eigenvalue weighted by molar-refractivity contribution is 0.0931. The fourth-order valence-electron chi connectivity index (χ4n) is 2.59. The zero-order valence-corrected chi connectivity index (χ0v) is 16.3. The first-order valence-corrected chi connectivity index (χ1v) is 9.07. The summed E-state index contributed by atoms with van der Waals surface area (Å²) in [7, 11) is 0. The lowest BCUT2D eigenvalue weighted by atomic mass is 9.86. The minimum absolute atomic E-state index is 0.0503. The molecule has 0 saturated heterocycles. The Bertz CT molecular complexity index is 765. The van der Waals surface area contributed by atoms with Gasteiger partial charge in [-0.2, -0.15) is 0 Å². The lowest BCUT2D eigenvalue weighted by Crippen LogP contribution is -2.11. The van der Waals surface area contributed by atoms with E-state index >= 15 is 0 Å². The number of carbonyl (C=O) groups excluding carboxylic acids is 1. The normalized spacial score (nSPS) is 12.0. The molecule has 0 saturated carbocycles. The third kappa shape index (κ3) is 5.22. The molecule has 3 nitrogen and oxygen atoms in total. The number of benzene rings is 2. The summed E-state index contributed by atoms with van der Waals surface area (Å²) in [5, 5.41) is 0. The van der Waals surface area contributed by atoms with Crippen molar-refractivity contribution >= 4 is 11.9 Å². The van der Waals surface area contributed by atoms with Crippen molar-refractivity contribution in [2.24, 2.45) is 0 Å². The molecule has 138 valence electrons. The Kier molecular flexibility index (Phi) is 6.62. The monoisotopic (exact) mass is 352 g/mol. The van der Waals surface area contributed by atoms with E-state index < -0.39 is 0 Å². The molecule has 0 aliphatic carbocycles. The number of carbonyl (C=O) groups is 1. The van der Waals surface area contributed by atoms with E-state index in [1.807, 2.05) is 32.1 Å². The highest BCUT2D eigenvalue weighted by atomic mass is 16.5. The standard InChI is InChI=1S/C23H28O3/c1-6-25-20-13-11-18(12-14-20)22(24)21(26-7-2)16-17-9-8-10-19(15-17)23(3,4)5/h8-16H,6-7H2,1-5H3. The van der Waals surface area contributed by atoms with Gasteiger partial charge in [0.25, 0.3) is 0 Å². The van der Waals surface area contributed by atoms with Gasteiger partial charge in [-0.25, -0.2) is 0 Å². The quantitative estimate of drug-likeness (QED) is 0.367. The second-order valence-electron chi connectivity index (χ2n) is 7.10. The van der Waals surface area contributed by atoms with Gasteiger partial charge in [-0.05, 0) is 60.7 Å². The Morgan fingerprint density at radius 2 is 1.69 bits per heavy atom. The van der Waals surface area contributed by atoms with Crippen LogP contribution >= 0.6 is 0 Å². The summed E-state index contributed by atoms with van der Waals surface area (Å²) in [6.07, 6.45) is 1.82. The van der Waals surface area contributed by atoms with E-state index in [4.69, 9.17) is 9.47 Å². The van der Waals surface area contributed by atoms with Crippen molar-refractivity contribution in [1.29, 1.82) is 0 Å². The Morgan fingerprint density at radius 1 is 1.00 bits per heavy atom. The topological polar surface area (TPSA) is 35.5 Å². The molecule has 0 aliphatic heterocycles. The number of rotatable bonds is 7. The first-order valence-electron chi connectivity index (χ1n) is 9.07. The minimum Gasteiger partial charge on any atom is -0.494 e. The molecule has 0 spiro atoms. The van der Waals surface area contributed by atoms with Gasteiger partial charge < -0.3 is 9.47 Å². The predicted molar refractivity (Wildman–Crippen MR) is 107 cm³/mol. The van der Waals surface area contributed by atoms with Crippen molar-refractivity contribution < 1.29 is 14.3 Å². The van der Waals surface area contributed by atoms with E-state index in [1.165, 1.54) is 5.56 Å². The number of Topliss-reactive ketones (excluding diaryl/α,β-unsaturated/α-hetero) is 1. The summed E-state index contributed by atoms with van der Waals surface area (Å²) in [5.74, 6) is 0.975. The van der Waals surface area contributed by atoms with Gasteiger partial charge >= 0.3 is 0 Å². The van der Waals surface area contributed by atoms with Crippen LogP contribution in [0.25, 0.3) is 6.08 Å². The van der Waals surface area contributed by atoms with E-state index in [2.05, 4.69) is 32.9 Å². The van der Waals surface area contributed by atoms with Gasteiger partial charge in [0, 0.05) is 5.56 Å². The second-order valence-corrected chi connectivity index (χ2v) is 7.10. The highest BCUT2D eigenvalue weighted by Crippen LogP contribution is 2.24. The number of ether oxygens (including phenoxy) is 2.